The summed E-state index contributed by atoms with van der Waals surface area (Å²) in [5.74, 6) is -0.546. The fraction of sp³-hybridized carbons (Fsp3) is 0.167. The third-order valence-electron chi connectivity index (χ3n) is 3.66. The van der Waals surface area contributed by atoms with E-state index in [9.17, 15) is 9.18 Å². The van der Waals surface area contributed by atoms with Crippen LogP contribution in [0.5, 0.6) is 0 Å². The van der Waals surface area contributed by atoms with Gasteiger partial charge in [-0.3, -0.25) is 4.79 Å². The molecule has 122 valence electrons. The van der Waals surface area contributed by atoms with Crippen molar-refractivity contribution in [3.63, 3.8) is 0 Å². The average molecular weight is 324 g/mol. The molecular weight excluding hydrogens is 307 g/mol. The van der Waals surface area contributed by atoms with Crippen LogP contribution in [0.15, 0.2) is 60.8 Å². The number of amides is 1. The summed E-state index contributed by atoms with van der Waals surface area (Å²) in [6.45, 7) is 2.69. The Labute approximate surface area is 139 Å². The summed E-state index contributed by atoms with van der Waals surface area (Å²) in [5.41, 5.74) is 1.83. The van der Waals surface area contributed by atoms with E-state index in [1.807, 2.05) is 37.3 Å². The molecule has 0 unspecified atom stereocenters. The van der Waals surface area contributed by atoms with Crippen LogP contribution in [0.1, 0.15) is 23.0 Å². The van der Waals surface area contributed by atoms with Crippen LogP contribution in [0, 0.1) is 5.82 Å². The smallest absolute Gasteiger partial charge is 0.276 e. The van der Waals surface area contributed by atoms with Gasteiger partial charge in [-0.2, -0.15) is 0 Å². The highest BCUT2D eigenvalue weighted by Gasteiger charge is 2.18. The first kappa shape index (κ1) is 15.9. The van der Waals surface area contributed by atoms with Crippen molar-refractivity contribution in [3.05, 3.63) is 77.9 Å². The van der Waals surface area contributed by atoms with Crippen molar-refractivity contribution >= 4 is 5.91 Å². The maximum atomic E-state index is 13.3. The first-order valence-corrected chi connectivity index (χ1v) is 7.69. The number of aromatic nitrogens is 3. The molecule has 0 radical (unpaired) electrons. The molecule has 2 aromatic carbocycles. The zero-order valence-electron chi connectivity index (χ0n) is 13.3. The van der Waals surface area contributed by atoms with E-state index in [0.717, 1.165) is 11.3 Å². The predicted molar refractivity (Wildman–Crippen MR) is 88.2 cm³/mol. The lowest BCUT2D eigenvalue weighted by Gasteiger charge is -2.19. The van der Waals surface area contributed by atoms with Crippen molar-refractivity contribution < 1.29 is 9.18 Å². The number of para-hydroxylation sites is 1. The topological polar surface area (TPSA) is 51.0 Å². The van der Waals surface area contributed by atoms with Gasteiger partial charge in [0.2, 0.25) is 0 Å². The molecule has 0 atom stereocenters. The fourth-order valence-corrected chi connectivity index (χ4v) is 2.41. The Bertz CT molecular complexity index is 832. The molecule has 6 heteroatoms. The summed E-state index contributed by atoms with van der Waals surface area (Å²) in [5, 5.41) is 7.97. The molecule has 0 spiro atoms. The standard InChI is InChI=1S/C18H17FN4O/c1-2-22(12-14-7-6-8-15(19)11-14)18(24)17-13-23(21-20-17)16-9-4-3-5-10-16/h3-11,13H,2,12H2,1H3. The SMILES string of the molecule is CCN(Cc1cccc(F)c1)C(=O)c1cn(-c2ccccc2)nn1. The molecule has 5 nitrogen and oxygen atoms in total. The Morgan fingerprint density at radius 2 is 1.96 bits per heavy atom. The zero-order valence-corrected chi connectivity index (χ0v) is 13.3. The van der Waals surface area contributed by atoms with E-state index in [-0.39, 0.29) is 17.4 Å². The zero-order chi connectivity index (χ0) is 16.9. The quantitative estimate of drug-likeness (QED) is 0.725. The second-order valence-electron chi connectivity index (χ2n) is 5.33. The van der Waals surface area contributed by atoms with E-state index >= 15 is 0 Å². The Morgan fingerprint density at radius 3 is 2.67 bits per heavy atom. The Hall–Kier alpha value is -3.02. The number of nitrogens with zero attached hydrogens (tertiary/aromatic N) is 4. The summed E-state index contributed by atoms with van der Waals surface area (Å²) in [6, 6.07) is 15.7. The largest absolute Gasteiger partial charge is 0.333 e. The van der Waals surface area contributed by atoms with Crippen molar-refractivity contribution in [2.75, 3.05) is 6.54 Å². The summed E-state index contributed by atoms with van der Waals surface area (Å²) >= 11 is 0. The van der Waals surface area contributed by atoms with Crippen molar-refractivity contribution in [1.82, 2.24) is 19.9 Å². The highest BCUT2D eigenvalue weighted by atomic mass is 19.1. The predicted octanol–water partition coefficient (Wildman–Crippen LogP) is 3.07. The fourth-order valence-electron chi connectivity index (χ4n) is 2.41. The lowest BCUT2D eigenvalue weighted by molar-refractivity contribution is 0.0746. The number of carbonyl (C=O) groups is 1. The number of benzene rings is 2. The summed E-state index contributed by atoms with van der Waals surface area (Å²) in [4.78, 5) is 14.2. The second-order valence-corrected chi connectivity index (χ2v) is 5.33. The molecule has 3 aromatic rings. The summed E-state index contributed by atoms with van der Waals surface area (Å²) < 4.78 is 14.9. The molecule has 0 aliphatic rings. The van der Waals surface area contributed by atoms with E-state index in [0.29, 0.717) is 13.1 Å². The number of hydrogen-bond donors (Lipinski definition) is 0. The number of halogens is 1. The Kier molecular flexibility index (Phi) is 4.65. The normalized spacial score (nSPS) is 10.6. The van der Waals surface area contributed by atoms with Crippen LogP contribution in [-0.2, 0) is 6.54 Å². The van der Waals surface area contributed by atoms with Crippen LogP contribution in [0.4, 0.5) is 4.39 Å². The molecule has 3 rings (SSSR count). The van der Waals surface area contributed by atoms with Gasteiger partial charge >= 0.3 is 0 Å². The maximum absolute atomic E-state index is 13.3. The van der Waals surface area contributed by atoms with Crippen LogP contribution in [0.2, 0.25) is 0 Å². The monoisotopic (exact) mass is 324 g/mol. The van der Waals surface area contributed by atoms with Crippen LogP contribution in [0.25, 0.3) is 5.69 Å². The van der Waals surface area contributed by atoms with E-state index in [2.05, 4.69) is 10.3 Å². The van der Waals surface area contributed by atoms with Crippen LogP contribution >= 0.6 is 0 Å². The highest BCUT2D eigenvalue weighted by Crippen LogP contribution is 2.11. The number of carbonyl (C=O) groups excluding carboxylic acids is 1. The molecule has 0 saturated heterocycles. The van der Waals surface area contributed by atoms with Gasteiger partial charge in [-0.15, -0.1) is 5.10 Å². The summed E-state index contributed by atoms with van der Waals surface area (Å²) in [6.07, 6.45) is 1.60. The number of hydrogen-bond acceptors (Lipinski definition) is 3. The lowest BCUT2D eigenvalue weighted by atomic mass is 10.2. The first-order chi connectivity index (χ1) is 11.7. The molecule has 1 heterocycles. The van der Waals surface area contributed by atoms with Crippen LogP contribution in [-0.4, -0.2) is 32.3 Å². The van der Waals surface area contributed by atoms with E-state index in [4.69, 9.17) is 0 Å². The molecule has 24 heavy (non-hydrogen) atoms. The molecule has 0 bridgehead atoms. The van der Waals surface area contributed by atoms with Crippen LogP contribution < -0.4 is 0 Å². The van der Waals surface area contributed by atoms with Gasteiger partial charge in [0.1, 0.15) is 5.82 Å². The molecule has 0 fully saturated rings. The van der Waals surface area contributed by atoms with Crippen molar-refractivity contribution in [1.29, 1.82) is 0 Å². The van der Waals surface area contributed by atoms with Gasteiger partial charge < -0.3 is 4.90 Å². The maximum Gasteiger partial charge on any atom is 0.276 e. The van der Waals surface area contributed by atoms with Gasteiger partial charge in [-0.05, 0) is 36.8 Å². The first-order valence-electron chi connectivity index (χ1n) is 7.69. The molecule has 0 saturated carbocycles. The van der Waals surface area contributed by atoms with Gasteiger partial charge in [0.25, 0.3) is 5.91 Å². The molecule has 0 N–H and O–H groups in total. The second kappa shape index (κ2) is 7.04. The van der Waals surface area contributed by atoms with Gasteiger partial charge in [-0.1, -0.05) is 35.5 Å². The minimum atomic E-state index is -0.314. The van der Waals surface area contributed by atoms with Gasteiger partial charge in [0.15, 0.2) is 5.69 Å². The molecule has 0 aliphatic carbocycles. The van der Waals surface area contributed by atoms with Crippen molar-refractivity contribution in [2.45, 2.75) is 13.5 Å². The molecule has 0 aliphatic heterocycles. The minimum absolute atomic E-state index is 0.232. The van der Waals surface area contributed by atoms with E-state index < -0.39 is 0 Å². The van der Waals surface area contributed by atoms with Crippen molar-refractivity contribution in [3.8, 4) is 5.69 Å². The average Bonchev–Trinajstić information content (AvgIpc) is 3.10. The Morgan fingerprint density at radius 1 is 1.17 bits per heavy atom. The summed E-state index contributed by atoms with van der Waals surface area (Å²) in [7, 11) is 0. The Balaban J connectivity index is 1.78. The van der Waals surface area contributed by atoms with E-state index in [1.165, 1.54) is 12.1 Å². The number of rotatable bonds is 5. The minimum Gasteiger partial charge on any atom is -0.333 e. The molecular formula is C18H17FN4O. The van der Waals surface area contributed by atoms with Crippen LogP contribution in [0.3, 0.4) is 0 Å². The molecule has 1 aromatic heterocycles. The lowest BCUT2D eigenvalue weighted by Crippen LogP contribution is -2.30. The molecule has 1 amide bonds. The van der Waals surface area contributed by atoms with Gasteiger partial charge in [0, 0.05) is 13.1 Å². The third kappa shape index (κ3) is 3.48. The van der Waals surface area contributed by atoms with Gasteiger partial charge in [-0.25, -0.2) is 9.07 Å². The van der Waals surface area contributed by atoms with Crippen molar-refractivity contribution in [2.24, 2.45) is 0 Å². The van der Waals surface area contributed by atoms with Gasteiger partial charge in [0.05, 0.1) is 11.9 Å². The highest BCUT2D eigenvalue weighted by molar-refractivity contribution is 5.92. The van der Waals surface area contributed by atoms with E-state index in [1.54, 1.807) is 27.9 Å². The third-order valence-corrected chi connectivity index (χ3v) is 3.66.